The second-order valence-corrected chi connectivity index (χ2v) is 3.87. The Labute approximate surface area is 101 Å². The smallest absolute Gasteiger partial charge is 0.335 e. The molecule has 0 atom stereocenters. The Balaban J connectivity index is 2.76. The Bertz CT molecular complexity index is 351. The van der Waals surface area contributed by atoms with Gasteiger partial charge in [-0.3, -0.25) is 0 Å². The van der Waals surface area contributed by atoms with Crippen LogP contribution in [0.4, 0.5) is 0 Å². The van der Waals surface area contributed by atoms with Gasteiger partial charge in [0.15, 0.2) is 6.79 Å². The third-order valence-electron chi connectivity index (χ3n) is 1.68. The van der Waals surface area contributed by atoms with Crippen LogP contribution >= 0.6 is 22.6 Å². The molecule has 0 saturated heterocycles. The Morgan fingerprint density at radius 3 is 2.87 bits per heavy atom. The van der Waals surface area contributed by atoms with Crippen LogP contribution in [0.25, 0.3) is 0 Å². The summed E-state index contributed by atoms with van der Waals surface area (Å²) in [6.07, 6.45) is 0. The highest BCUT2D eigenvalue weighted by Crippen LogP contribution is 2.22. The fourth-order valence-corrected chi connectivity index (χ4v) is 1.43. The predicted octanol–water partition coefficient (Wildman–Crippen LogP) is 2.36. The molecule has 1 N–H and O–H groups in total. The van der Waals surface area contributed by atoms with Crippen LogP contribution < -0.4 is 4.74 Å². The van der Waals surface area contributed by atoms with E-state index in [-0.39, 0.29) is 12.4 Å². The zero-order valence-corrected chi connectivity index (χ0v) is 10.4. The van der Waals surface area contributed by atoms with Crippen molar-refractivity contribution in [3.63, 3.8) is 0 Å². The standard InChI is InChI=1S/C10H11IO4/c1-2-14-6-15-9-5-7(10(12)13)3-4-8(9)11/h3-5H,2,6H2,1H3,(H,12,13). The number of benzene rings is 1. The van der Waals surface area contributed by atoms with Crippen molar-refractivity contribution >= 4 is 28.6 Å². The van der Waals surface area contributed by atoms with Gasteiger partial charge in [-0.25, -0.2) is 4.79 Å². The molecule has 1 rings (SSSR count). The molecule has 0 aliphatic rings. The van der Waals surface area contributed by atoms with Crippen LogP contribution in [0.1, 0.15) is 17.3 Å². The molecule has 82 valence electrons. The van der Waals surface area contributed by atoms with E-state index in [0.29, 0.717) is 12.4 Å². The lowest BCUT2D eigenvalue weighted by Gasteiger charge is -2.08. The summed E-state index contributed by atoms with van der Waals surface area (Å²) in [5, 5.41) is 8.78. The van der Waals surface area contributed by atoms with E-state index in [4.69, 9.17) is 14.6 Å². The van der Waals surface area contributed by atoms with E-state index in [0.717, 1.165) is 3.57 Å². The molecule has 0 spiro atoms. The average molecular weight is 322 g/mol. The fraction of sp³-hybridized carbons (Fsp3) is 0.300. The molecule has 0 amide bonds. The Morgan fingerprint density at radius 2 is 2.27 bits per heavy atom. The number of aromatic carboxylic acids is 1. The first kappa shape index (κ1) is 12.3. The summed E-state index contributed by atoms with van der Waals surface area (Å²) in [7, 11) is 0. The number of hydrogen-bond donors (Lipinski definition) is 1. The zero-order chi connectivity index (χ0) is 11.3. The lowest BCUT2D eigenvalue weighted by atomic mass is 10.2. The molecule has 0 bridgehead atoms. The molecule has 15 heavy (non-hydrogen) atoms. The third-order valence-corrected chi connectivity index (χ3v) is 2.57. The largest absolute Gasteiger partial charge is 0.478 e. The minimum Gasteiger partial charge on any atom is -0.478 e. The molecule has 0 heterocycles. The van der Waals surface area contributed by atoms with Crippen LogP contribution in [0.5, 0.6) is 5.75 Å². The summed E-state index contributed by atoms with van der Waals surface area (Å²) in [4.78, 5) is 10.7. The first-order valence-electron chi connectivity index (χ1n) is 4.38. The number of halogens is 1. The molecule has 4 nitrogen and oxygen atoms in total. The highest BCUT2D eigenvalue weighted by Gasteiger charge is 2.07. The number of carbonyl (C=O) groups is 1. The van der Waals surface area contributed by atoms with Gasteiger partial charge in [0, 0.05) is 6.61 Å². The number of ether oxygens (including phenoxy) is 2. The number of hydrogen-bond acceptors (Lipinski definition) is 3. The van der Waals surface area contributed by atoms with Crippen molar-refractivity contribution in [3.8, 4) is 5.75 Å². The van der Waals surface area contributed by atoms with Crippen LogP contribution in [-0.4, -0.2) is 24.5 Å². The molecule has 1 aromatic rings. The van der Waals surface area contributed by atoms with Gasteiger partial charge in [-0.15, -0.1) is 0 Å². The van der Waals surface area contributed by atoms with Gasteiger partial charge < -0.3 is 14.6 Å². The molecule has 0 aliphatic carbocycles. The summed E-state index contributed by atoms with van der Waals surface area (Å²) in [5.41, 5.74) is 0.210. The third kappa shape index (κ3) is 3.67. The van der Waals surface area contributed by atoms with Gasteiger partial charge in [0.25, 0.3) is 0 Å². The number of carboxylic acid groups (broad SMARTS) is 1. The van der Waals surface area contributed by atoms with Gasteiger partial charge in [-0.05, 0) is 47.7 Å². The maximum absolute atomic E-state index is 10.7. The van der Waals surface area contributed by atoms with Crippen molar-refractivity contribution in [2.75, 3.05) is 13.4 Å². The molecule has 0 radical (unpaired) electrons. The van der Waals surface area contributed by atoms with Crippen LogP contribution in [0.2, 0.25) is 0 Å². The van der Waals surface area contributed by atoms with Crippen molar-refractivity contribution in [2.24, 2.45) is 0 Å². The Kier molecular flexibility index (Phi) is 4.83. The molecule has 0 fully saturated rings. The number of carboxylic acids is 1. The molecule has 1 aromatic carbocycles. The second-order valence-electron chi connectivity index (χ2n) is 2.71. The van der Waals surface area contributed by atoms with Crippen molar-refractivity contribution in [1.29, 1.82) is 0 Å². The summed E-state index contributed by atoms with van der Waals surface area (Å²) in [6, 6.07) is 4.73. The molecule has 0 aliphatic heterocycles. The van der Waals surface area contributed by atoms with Crippen LogP contribution in [-0.2, 0) is 4.74 Å². The highest BCUT2D eigenvalue weighted by molar-refractivity contribution is 14.1. The lowest BCUT2D eigenvalue weighted by Crippen LogP contribution is -2.04. The summed E-state index contributed by atoms with van der Waals surface area (Å²) < 4.78 is 11.2. The molecule has 0 aromatic heterocycles. The topological polar surface area (TPSA) is 55.8 Å². The maximum atomic E-state index is 10.7. The van der Waals surface area contributed by atoms with Crippen LogP contribution in [0, 0.1) is 3.57 Å². The highest BCUT2D eigenvalue weighted by atomic mass is 127. The first-order chi connectivity index (χ1) is 7.15. The van der Waals surface area contributed by atoms with Crippen LogP contribution in [0.3, 0.4) is 0 Å². The minimum absolute atomic E-state index is 0.134. The van der Waals surface area contributed by atoms with Gasteiger partial charge in [0.2, 0.25) is 0 Å². The van der Waals surface area contributed by atoms with Gasteiger partial charge in [-0.1, -0.05) is 0 Å². The van der Waals surface area contributed by atoms with Gasteiger partial charge in [-0.2, -0.15) is 0 Å². The van der Waals surface area contributed by atoms with Crippen molar-refractivity contribution in [2.45, 2.75) is 6.92 Å². The fourth-order valence-electron chi connectivity index (χ4n) is 0.935. The molecule has 0 unspecified atom stereocenters. The SMILES string of the molecule is CCOCOc1cc(C(=O)O)ccc1I. The van der Waals surface area contributed by atoms with Crippen molar-refractivity contribution in [3.05, 3.63) is 27.3 Å². The van der Waals surface area contributed by atoms with E-state index in [1.807, 2.05) is 6.92 Å². The Morgan fingerprint density at radius 1 is 1.53 bits per heavy atom. The minimum atomic E-state index is -0.965. The average Bonchev–Trinajstić information content (AvgIpc) is 2.20. The van der Waals surface area contributed by atoms with Gasteiger partial charge in [0.05, 0.1) is 9.13 Å². The van der Waals surface area contributed by atoms with E-state index >= 15 is 0 Å². The monoisotopic (exact) mass is 322 g/mol. The van der Waals surface area contributed by atoms with Gasteiger partial charge in [0.1, 0.15) is 5.75 Å². The molecular weight excluding hydrogens is 311 g/mol. The second kappa shape index (κ2) is 5.92. The molecular formula is C10H11IO4. The maximum Gasteiger partial charge on any atom is 0.335 e. The number of rotatable bonds is 5. The Hall–Kier alpha value is -0.820. The van der Waals surface area contributed by atoms with E-state index in [9.17, 15) is 4.79 Å². The van der Waals surface area contributed by atoms with Gasteiger partial charge >= 0.3 is 5.97 Å². The summed E-state index contributed by atoms with van der Waals surface area (Å²) in [5.74, 6) is -0.434. The van der Waals surface area contributed by atoms with Crippen LogP contribution in [0.15, 0.2) is 18.2 Å². The summed E-state index contributed by atoms with van der Waals surface area (Å²) in [6.45, 7) is 2.56. The van der Waals surface area contributed by atoms with Crippen molar-refractivity contribution < 1.29 is 19.4 Å². The van der Waals surface area contributed by atoms with E-state index in [1.54, 1.807) is 6.07 Å². The van der Waals surface area contributed by atoms with Crippen molar-refractivity contribution in [1.82, 2.24) is 0 Å². The molecule has 5 heteroatoms. The quantitative estimate of drug-likeness (QED) is 0.514. The van der Waals surface area contributed by atoms with E-state index in [1.165, 1.54) is 12.1 Å². The lowest BCUT2D eigenvalue weighted by molar-refractivity contribution is 0.0217. The predicted molar refractivity (Wildman–Crippen MR) is 63.2 cm³/mol. The first-order valence-corrected chi connectivity index (χ1v) is 5.46. The zero-order valence-electron chi connectivity index (χ0n) is 8.20. The normalized spacial score (nSPS) is 10.0. The van der Waals surface area contributed by atoms with E-state index in [2.05, 4.69) is 22.6 Å². The summed E-state index contributed by atoms with van der Waals surface area (Å²) >= 11 is 2.08. The van der Waals surface area contributed by atoms with E-state index < -0.39 is 5.97 Å². The molecule has 0 saturated carbocycles.